The molecule has 1 aliphatic heterocycles. The summed E-state index contributed by atoms with van der Waals surface area (Å²) in [6.07, 6.45) is 0.577. The van der Waals surface area contributed by atoms with Gasteiger partial charge in [-0.25, -0.2) is 9.78 Å². The number of hydrogen-bond acceptors (Lipinski definition) is 5. The van der Waals surface area contributed by atoms with Crippen LogP contribution in [-0.4, -0.2) is 44.6 Å². The molecule has 0 spiro atoms. The van der Waals surface area contributed by atoms with Gasteiger partial charge in [0.15, 0.2) is 0 Å². The van der Waals surface area contributed by atoms with Gasteiger partial charge in [0.2, 0.25) is 0 Å². The van der Waals surface area contributed by atoms with Crippen LogP contribution in [0.3, 0.4) is 0 Å². The Hall–Kier alpha value is -3.27. The van der Waals surface area contributed by atoms with E-state index in [9.17, 15) is 14.5 Å². The number of nitrogens with zero attached hydrogens (tertiary/aromatic N) is 2. The minimum absolute atomic E-state index is 0.00620. The van der Waals surface area contributed by atoms with Crippen molar-refractivity contribution in [2.24, 2.45) is 0 Å². The van der Waals surface area contributed by atoms with Crippen LogP contribution < -0.4 is 10.4 Å². The summed E-state index contributed by atoms with van der Waals surface area (Å²) in [6, 6.07) is 32.2. The molecule has 1 unspecified atom stereocenters. The topological polar surface area (TPSA) is 85.7 Å². The van der Waals surface area contributed by atoms with Crippen LogP contribution in [0.25, 0.3) is 11.3 Å². The van der Waals surface area contributed by atoms with Crippen molar-refractivity contribution >= 4 is 36.0 Å². The lowest BCUT2D eigenvalue weighted by atomic mass is 9.96. The lowest BCUT2D eigenvalue weighted by Gasteiger charge is -2.43. The molecule has 0 aliphatic carbocycles. The number of fused-ring (bicyclic) bond motifs is 1. The van der Waals surface area contributed by atoms with Crippen LogP contribution in [-0.2, 0) is 22.3 Å². The van der Waals surface area contributed by atoms with E-state index in [0.29, 0.717) is 25.3 Å². The summed E-state index contributed by atoms with van der Waals surface area (Å²) in [6.45, 7) is 13.5. The van der Waals surface area contributed by atoms with Gasteiger partial charge in [-0.2, -0.15) is 0 Å². The quantitative estimate of drug-likeness (QED) is 0.164. The summed E-state index contributed by atoms with van der Waals surface area (Å²) in [5, 5.41) is 12.2. The Morgan fingerprint density at radius 3 is 1.93 bits per heavy atom. The molecule has 4 aromatic rings. The predicted molar refractivity (Wildman–Crippen MR) is 181 cm³/mol. The number of benzene rings is 3. The van der Waals surface area contributed by atoms with Crippen LogP contribution in [0.2, 0.25) is 5.04 Å². The van der Waals surface area contributed by atoms with E-state index in [1.165, 1.54) is 10.4 Å². The van der Waals surface area contributed by atoms with Gasteiger partial charge in [0, 0.05) is 29.1 Å². The molecule has 6 nitrogen and oxygen atoms in total. The average Bonchev–Trinajstić information content (AvgIpc) is 3.36. The third kappa shape index (κ3) is 6.14. The van der Waals surface area contributed by atoms with Crippen LogP contribution in [0.5, 0.6) is 0 Å². The van der Waals surface area contributed by atoms with Crippen molar-refractivity contribution < 1.29 is 18.9 Å². The molecule has 8 heteroatoms. The third-order valence-electron chi connectivity index (χ3n) is 8.28. The summed E-state index contributed by atoms with van der Waals surface area (Å²) in [5.41, 5.74) is 3.25. The Balaban J connectivity index is 1.60. The van der Waals surface area contributed by atoms with E-state index in [4.69, 9.17) is 4.43 Å². The average molecular weight is 627 g/mol. The van der Waals surface area contributed by atoms with E-state index < -0.39 is 30.4 Å². The normalized spacial score (nSPS) is 16.5. The van der Waals surface area contributed by atoms with Crippen molar-refractivity contribution in [2.75, 3.05) is 6.61 Å². The monoisotopic (exact) mass is 626 g/mol. The third-order valence-corrected chi connectivity index (χ3v) is 15.2. The first-order valence-electron chi connectivity index (χ1n) is 15.1. The minimum atomic E-state index is -2.79. The minimum Gasteiger partial charge on any atom is -0.597 e. The van der Waals surface area contributed by atoms with Crippen molar-refractivity contribution in [3.63, 3.8) is 0 Å². The SMILES string of the molecule is CC(C)(C)[S+]([O-])N1Cc2cc(C(=O)O)nc(-c3ccccc3)c2[C@H]1CCO[Si](c1ccccc1)(c1ccccc1)C(C)(C)C. The molecule has 1 aliphatic rings. The second-order valence-electron chi connectivity index (χ2n) is 13.4. The van der Waals surface area contributed by atoms with E-state index in [1.54, 1.807) is 6.07 Å². The fraction of sp³-hybridized carbons (Fsp3) is 0.333. The molecular formula is C36H42N2O4SSi. The van der Waals surface area contributed by atoms with Crippen LogP contribution in [0, 0.1) is 0 Å². The lowest BCUT2D eigenvalue weighted by molar-refractivity contribution is 0.0690. The van der Waals surface area contributed by atoms with Gasteiger partial charge in [-0.15, -0.1) is 4.31 Å². The number of rotatable bonds is 9. The molecule has 230 valence electrons. The molecule has 44 heavy (non-hydrogen) atoms. The van der Waals surface area contributed by atoms with E-state index in [-0.39, 0.29) is 16.8 Å². The first kappa shape index (κ1) is 32.1. The summed E-state index contributed by atoms with van der Waals surface area (Å²) < 4.78 is 22.8. The summed E-state index contributed by atoms with van der Waals surface area (Å²) in [4.78, 5) is 16.8. The molecule has 3 aromatic carbocycles. The Morgan fingerprint density at radius 1 is 0.932 bits per heavy atom. The highest BCUT2D eigenvalue weighted by atomic mass is 32.2. The molecule has 0 bridgehead atoms. The number of carbonyl (C=O) groups is 1. The summed E-state index contributed by atoms with van der Waals surface area (Å²) >= 11 is -1.35. The first-order chi connectivity index (χ1) is 20.8. The zero-order valence-corrected chi connectivity index (χ0v) is 28.2. The highest BCUT2D eigenvalue weighted by molar-refractivity contribution is 7.90. The maximum Gasteiger partial charge on any atom is 0.354 e. The zero-order chi connectivity index (χ0) is 31.7. The molecule has 0 saturated heterocycles. The maximum absolute atomic E-state index is 14.0. The number of hydrogen-bond donors (Lipinski definition) is 1. The molecule has 5 rings (SSSR count). The molecule has 0 fully saturated rings. The molecule has 1 aromatic heterocycles. The van der Waals surface area contributed by atoms with Crippen molar-refractivity contribution in [3.05, 3.63) is 114 Å². The molecule has 2 heterocycles. The number of pyridine rings is 1. The highest BCUT2D eigenvalue weighted by Crippen LogP contribution is 2.46. The molecule has 0 saturated carbocycles. The fourth-order valence-corrected chi connectivity index (χ4v) is 12.3. The van der Waals surface area contributed by atoms with Gasteiger partial charge in [-0.1, -0.05) is 112 Å². The standard InChI is InChI=1S/C36H42N2O4SSi/c1-35(2,3)43(41)38-25-27-24-30(34(39)40)37-33(26-16-10-7-11-17-26)32(27)31(38)22-23-42-44(36(4,5)6,28-18-12-8-13-19-28)29-20-14-9-15-21-29/h7-21,24,31H,22-23,25H2,1-6H3,(H,39,40)/t31-,43?/m1/s1. The van der Waals surface area contributed by atoms with E-state index in [0.717, 1.165) is 16.7 Å². The highest BCUT2D eigenvalue weighted by Gasteiger charge is 2.51. The number of carboxylic acid groups (broad SMARTS) is 1. The second-order valence-corrected chi connectivity index (χ2v) is 19.9. The molecule has 1 N–H and O–H groups in total. The van der Waals surface area contributed by atoms with Gasteiger partial charge >= 0.3 is 5.97 Å². The van der Waals surface area contributed by atoms with Gasteiger partial charge in [0.05, 0.1) is 18.3 Å². The van der Waals surface area contributed by atoms with Gasteiger partial charge in [-0.05, 0) is 54.2 Å². The van der Waals surface area contributed by atoms with Crippen LogP contribution in [0.4, 0.5) is 0 Å². The van der Waals surface area contributed by atoms with Gasteiger partial charge in [0.1, 0.15) is 10.4 Å². The first-order valence-corrected chi connectivity index (χ1v) is 18.1. The fourth-order valence-electron chi connectivity index (χ4n) is 6.36. The number of aromatic carboxylic acids is 1. The van der Waals surface area contributed by atoms with Crippen molar-refractivity contribution in [3.8, 4) is 11.3 Å². The second kappa shape index (κ2) is 12.6. The molecule has 0 radical (unpaired) electrons. The molecular weight excluding hydrogens is 585 g/mol. The van der Waals surface area contributed by atoms with E-state index in [1.807, 2.05) is 67.5 Å². The number of aromatic nitrogens is 1. The van der Waals surface area contributed by atoms with E-state index in [2.05, 4.69) is 74.3 Å². The van der Waals surface area contributed by atoms with Gasteiger partial charge in [0.25, 0.3) is 8.32 Å². The summed E-state index contributed by atoms with van der Waals surface area (Å²) in [5.74, 6) is -1.08. The predicted octanol–water partition coefficient (Wildman–Crippen LogP) is 6.73. The van der Waals surface area contributed by atoms with E-state index >= 15 is 0 Å². The van der Waals surface area contributed by atoms with Crippen LogP contribution >= 0.6 is 0 Å². The Kier molecular flexibility index (Phi) is 9.21. The van der Waals surface area contributed by atoms with Crippen molar-refractivity contribution in [2.45, 2.75) is 70.3 Å². The van der Waals surface area contributed by atoms with Crippen molar-refractivity contribution in [1.82, 2.24) is 9.29 Å². The van der Waals surface area contributed by atoms with Gasteiger partial charge in [-0.3, -0.25) is 0 Å². The lowest BCUT2D eigenvalue weighted by Crippen LogP contribution is -2.66. The van der Waals surface area contributed by atoms with Crippen molar-refractivity contribution in [1.29, 1.82) is 0 Å². The Bertz CT molecular complexity index is 1550. The number of carboxylic acids is 1. The molecule has 0 amide bonds. The Morgan fingerprint density at radius 2 is 1.45 bits per heavy atom. The molecule has 2 atom stereocenters. The smallest absolute Gasteiger partial charge is 0.354 e. The summed E-state index contributed by atoms with van der Waals surface area (Å²) in [7, 11) is -2.79. The van der Waals surface area contributed by atoms with Crippen LogP contribution in [0.15, 0.2) is 97.1 Å². The zero-order valence-electron chi connectivity index (χ0n) is 26.4. The maximum atomic E-state index is 14.0. The Labute approximate surface area is 265 Å². The van der Waals surface area contributed by atoms with Crippen LogP contribution in [0.1, 0.15) is 75.6 Å². The van der Waals surface area contributed by atoms with Gasteiger partial charge < -0.3 is 14.1 Å². The largest absolute Gasteiger partial charge is 0.597 e.